The summed E-state index contributed by atoms with van der Waals surface area (Å²) in [4.78, 5) is 14.9. The number of ether oxygens (including phenoxy) is 1. The quantitative estimate of drug-likeness (QED) is 0.923. The van der Waals surface area contributed by atoms with Crippen molar-refractivity contribution in [2.75, 3.05) is 18.6 Å². The first kappa shape index (κ1) is 11.7. The zero-order valence-electron chi connectivity index (χ0n) is 10.3. The Kier molecular flexibility index (Phi) is 3.07. The van der Waals surface area contributed by atoms with Crippen molar-refractivity contribution in [3.05, 3.63) is 28.7 Å². The van der Waals surface area contributed by atoms with E-state index in [1.807, 2.05) is 34.5 Å². The fourth-order valence-corrected chi connectivity index (χ4v) is 3.78. The number of para-hydroxylation sites is 1. The Bertz CT molecular complexity index is 611. The third-order valence-electron chi connectivity index (χ3n) is 3.44. The molecule has 1 atom stereocenters. The topological polar surface area (TPSA) is 47.0 Å². The van der Waals surface area contributed by atoms with Crippen LogP contribution in [0.1, 0.15) is 6.42 Å². The number of aromatic nitrogens is 2. The number of hydrogen-bond donors (Lipinski definition) is 1. The molecule has 0 spiro atoms. The Labute approximate surface area is 109 Å². The van der Waals surface area contributed by atoms with Crippen LogP contribution < -0.4 is 10.4 Å². The van der Waals surface area contributed by atoms with Gasteiger partial charge in [-0.15, -0.1) is 0 Å². The lowest BCUT2D eigenvalue weighted by molar-refractivity contribution is 0.414. The van der Waals surface area contributed by atoms with Gasteiger partial charge in [0.15, 0.2) is 0 Å². The predicted octanol–water partition coefficient (Wildman–Crippen LogP) is 2.09. The molecule has 0 saturated carbocycles. The summed E-state index contributed by atoms with van der Waals surface area (Å²) in [5, 5.41) is 0. The minimum absolute atomic E-state index is 0.0357. The second kappa shape index (κ2) is 4.72. The highest BCUT2D eigenvalue weighted by Gasteiger charge is 2.19. The Morgan fingerprint density at radius 2 is 2.44 bits per heavy atom. The lowest BCUT2D eigenvalue weighted by Gasteiger charge is -2.11. The van der Waals surface area contributed by atoms with E-state index >= 15 is 0 Å². The van der Waals surface area contributed by atoms with Gasteiger partial charge in [-0.25, -0.2) is 4.79 Å². The molecule has 4 nitrogen and oxygen atoms in total. The number of hydrogen-bond acceptors (Lipinski definition) is 3. The van der Waals surface area contributed by atoms with E-state index in [4.69, 9.17) is 4.74 Å². The minimum atomic E-state index is -0.0357. The summed E-state index contributed by atoms with van der Waals surface area (Å²) in [5.74, 6) is 3.71. The zero-order chi connectivity index (χ0) is 12.5. The third-order valence-corrected chi connectivity index (χ3v) is 4.67. The van der Waals surface area contributed by atoms with E-state index in [0.717, 1.165) is 29.1 Å². The van der Waals surface area contributed by atoms with Crippen LogP contribution in [0, 0.1) is 5.92 Å². The van der Waals surface area contributed by atoms with Gasteiger partial charge in [0.25, 0.3) is 0 Å². The maximum atomic E-state index is 12.0. The first-order valence-electron chi connectivity index (χ1n) is 6.13. The standard InChI is InChI=1S/C13H16N2O2S/c1-17-11-4-2-3-10-12(11)15(13(16)14-10)7-9-5-6-18-8-9/h2-4,9H,5-8H2,1H3,(H,14,16). The van der Waals surface area contributed by atoms with Gasteiger partial charge in [0, 0.05) is 6.54 Å². The molecule has 0 amide bonds. The van der Waals surface area contributed by atoms with Gasteiger partial charge in [-0.2, -0.15) is 11.8 Å². The smallest absolute Gasteiger partial charge is 0.326 e. The molecule has 1 saturated heterocycles. The van der Waals surface area contributed by atoms with E-state index in [2.05, 4.69) is 4.98 Å². The van der Waals surface area contributed by atoms with E-state index < -0.39 is 0 Å². The van der Waals surface area contributed by atoms with Crippen molar-refractivity contribution in [1.29, 1.82) is 0 Å². The van der Waals surface area contributed by atoms with Crippen LogP contribution in [0.4, 0.5) is 0 Å². The highest BCUT2D eigenvalue weighted by Crippen LogP contribution is 2.28. The van der Waals surface area contributed by atoms with Crippen LogP contribution in [0.15, 0.2) is 23.0 Å². The molecule has 1 N–H and O–H groups in total. The Hall–Kier alpha value is -1.36. The summed E-state index contributed by atoms with van der Waals surface area (Å²) in [6.07, 6.45) is 1.19. The molecule has 1 aliphatic heterocycles. The number of methoxy groups -OCH3 is 1. The van der Waals surface area contributed by atoms with E-state index in [-0.39, 0.29) is 5.69 Å². The molecule has 18 heavy (non-hydrogen) atoms. The normalized spacial score (nSPS) is 19.5. The predicted molar refractivity (Wildman–Crippen MR) is 74.5 cm³/mol. The summed E-state index contributed by atoms with van der Waals surface area (Å²) < 4.78 is 7.19. The lowest BCUT2D eigenvalue weighted by Crippen LogP contribution is -2.21. The largest absolute Gasteiger partial charge is 0.494 e. The highest BCUT2D eigenvalue weighted by molar-refractivity contribution is 7.99. The molecule has 1 aromatic carbocycles. The zero-order valence-corrected chi connectivity index (χ0v) is 11.1. The number of aromatic amines is 1. The number of fused-ring (bicyclic) bond motifs is 1. The van der Waals surface area contributed by atoms with Crippen molar-refractivity contribution in [1.82, 2.24) is 9.55 Å². The van der Waals surface area contributed by atoms with Crippen molar-refractivity contribution in [3.8, 4) is 5.75 Å². The van der Waals surface area contributed by atoms with Gasteiger partial charge in [0.2, 0.25) is 0 Å². The number of rotatable bonds is 3. The van der Waals surface area contributed by atoms with E-state index in [0.29, 0.717) is 5.92 Å². The molecule has 2 heterocycles. The second-order valence-corrected chi connectivity index (χ2v) is 5.78. The van der Waals surface area contributed by atoms with Crippen molar-refractivity contribution in [2.24, 2.45) is 5.92 Å². The molecule has 0 radical (unpaired) electrons. The average molecular weight is 264 g/mol. The lowest BCUT2D eigenvalue weighted by atomic mass is 10.1. The Morgan fingerprint density at radius 3 is 3.17 bits per heavy atom. The molecule has 0 aliphatic carbocycles. The molecule has 0 bridgehead atoms. The Balaban J connectivity index is 2.08. The molecular formula is C13H16N2O2S. The van der Waals surface area contributed by atoms with Gasteiger partial charge < -0.3 is 9.72 Å². The van der Waals surface area contributed by atoms with Gasteiger partial charge >= 0.3 is 5.69 Å². The SMILES string of the molecule is COc1cccc2[nH]c(=O)n(CC3CCSC3)c12. The molecule has 1 unspecified atom stereocenters. The molecule has 1 aromatic heterocycles. The molecule has 1 aliphatic rings. The van der Waals surface area contributed by atoms with Crippen LogP contribution in [-0.4, -0.2) is 28.2 Å². The van der Waals surface area contributed by atoms with Gasteiger partial charge in [-0.3, -0.25) is 4.57 Å². The fourth-order valence-electron chi connectivity index (χ4n) is 2.51. The maximum Gasteiger partial charge on any atom is 0.326 e. The van der Waals surface area contributed by atoms with Crippen LogP contribution in [-0.2, 0) is 6.54 Å². The van der Waals surface area contributed by atoms with Crippen molar-refractivity contribution in [3.63, 3.8) is 0 Å². The number of nitrogens with zero attached hydrogens (tertiary/aromatic N) is 1. The van der Waals surface area contributed by atoms with Crippen LogP contribution in [0.3, 0.4) is 0 Å². The summed E-state index contributed by atoms with van der Waals surface area (Å²) in [7, 11) is 1.64. The number of imidazole rings is 1. The number of H-pyrrole nitrogens is 1. The molecule has 96 valence electrons. The van der Waals surface area contributed by atoms with Crippen molar-refractivity contribution in [2.45, 2.75) is 13.0 Å². The molecule has 1 fully saturated rings. The first-order chi connectivity index (χ1) is 8.79. The third kappa shape index (κ3) is 1.92. The monoisotopic (exact) mass is 264 g/mol. The van der Waals surface area contributed by atoms with Crippen LogP contribution in [0.5, 0.6) is 5.75 Å². The summed E-state index contributed by atoms with van der Waals surface area (Å²) in [6.45, 7) is 0.784. The summed E-state index contributed by atoms with van der Waals surface area (Å²) >= 11 is 1.97. The van der Waals surface area contributed by atoms with E-state index in [9.17, 15) is 4.79 Å². The molecule has 5 heteroatoms. The molecule has 3 rings (SSSR count). The highest BCUT2D eigenvalue weighted by atomic mass is 32.2. The van der Waals surface area contributed by atoms with Gasteiger partial charge in [0.05, 0.1) is 12.6 Å². The average Bonchev–Trinajstić information content (AvgIpc) is 2.98. The Morgan fingerprint density at radius 1 is 1.56 bits per heavy atom. The van der Waals surface area contributed by atoms with Gasteiger partial charge in [-0.05, 0) is 36.0 Å². The van der Waals surface area contributed by atoms with Crippen molar-refractivity contribution < 1.29 is 4.74 Å². The molecular weight excluding hydrogens is 248 g/mol. The van der Waals surface area contributed by atoms with Gasteiger partial charge in [-0.1, -0.05) is 6.07 Å². The minimum Gasteiger partial charge on any atom is -0.494 e. The number of nitrogens with one attached hydrogen (secondary N) is 1. The summed E-state index contributed by atoms with van der Waals surface area (Å²) in [6, 6.07) is 5.71. The fraction of sp³-hybridized carbons (Fsp3) is 0.462. The van der Waals surface area contributed by atoms with E-state index in [1.54, 1.807) is 7.11 Å². The first-order valence-corrected chi connectivity index (χ1v) is 7.28. The maximum absolute atomic E-state index is 12.0. The van der Waals surface area contributed by atoms with E-state index in [1.165, 1.54) is 12.2 Å². The number of thioether (sulfide) groups is 1. The second-order valence-electron chi connectivity index (χ2n) is 4.63. The van der Waals surface area contributed by atoms with Crippen LogP contribution in [0.25, 0.3) is 11.0 Å². The molecule has 2 aromatic rings. The van der Waals surface area contributed by atoms with Crippen molar-refractivity contribution >= 4 is 22.8 Å². The summed E-state index contributed by atoms with van der Waals surface area (Å²) in [5.41, 5.74) is 1.71. The van der Waals surface area contributed by atoms with Crippen LogP contribution in [0.2, 0.25) is 0 Å². The van der Waals surface area contributed by atoms with Gasteiger partial charge in [0.1, 0.15) is 11.3 Å². The van der Waals surface area contributed by atoms with Crippen LogP contribution >= 0.6 is 11.8 Å². The number of benzene rings is 1.